The molecule has 1 heterocycles. The highest BCUT2D eigenvalue weighted by molar-refractivity contribution is 5.55. The van der Waals surface area contributed by atoms with E-state index in [1.54, 1.807) is 6.92 Å². The van der Waals surface area contributed by atoms with Crippen LogP contribution in [0.4, 0.5) is 0 Å². The highest BCUT2D eigenvalue weighted by Crippen LogP contribution is 2.32. The third kappa shape index (κ3) is 1.58. The predicted octanol–water partition coefficient (Wildman–Crippen LogP) is 1.57. The van der Waals surface area contributed by atoms with Crippen molar-refractivity contribution in [3.8, 4) is 11.5 Å². The molecule has 0 spiro atoms. The van der Waals surface area contributed by atoms with E-state index < -0.39 is 0 Å². The minimum absolute atomic E-state index is 0.220. The van der Waals surface area contributed by atoms with E-state index in [2.05, 4.69) is 0 Å². The number of hydrogen-bond acceptors (Lipinski definition) is 3. The molecule has 0 aliphatic carbocycles. The molecule has 0 aromatic heterocycles. The molecule has 3 heteroatoms. The summed E-state index contributed by atoms with van der Waals surface area (Å²) in [6, 6.07) is 7.44. The molecule has 0 saturated heterocycles. The van der Waals surface area contributed by atoms with Gasteiger partial charge in [-0.1, -0.05) is 19.1 Å². The molecule has 1 aromatic carbocycles. The Balaban J connectivity index is 2.17. The molecule has 3 nitrogen and oxygen atoms in total. The summed E-state index contributed by atoms with van der Waals surface area (Å²) < 4.78 is 11.1. The van der Waals surface area contributed by atoms with Crippen molar-refractivity contribution in [2.45, 2.75) is 13.0 Å². The van der Waals surface area contributed by atoms with Gasteiger partial charge in [-0.05, 0) is 12.1 Å². The van der Waals surface area contributed by atoms with Crippen LogP contribution < -0.4 is 9.47 Å². The van der Waals surface area contributed by atoms with Gasteiger partial charge in [-0.15, -0.1) is 0 Å². The third-order valence-corrected chi connectivity index (χ3v) is 2.27. The number of para-hydroxylation sites is 2. The number of hydrogen-bond donors (Lipinski definition) is 0. The van der Waals surface area contributed by atoms with Crippen molar-refractivity contribution in [3.63, 3.8) is 0 Å². The normalized spacial score (nSPS) is 21.4. The van der Waals surface area contributed by atoms with Crippen LogP contribution in [0.25, 0.3) is 0 Å². The molecular formula is C11H11O3. The predicted molar refractivity (Wildman–Crippen MR) is 51.2 cm³/mol. The van der Waals surface area contributed by atoms with Gasteiger partial charge in [-0.3, -0.25) is 4.79 Å². The molecule has 0 saturated carbocycles. The molecule has 2 unspecified atom stereocenters. The van der Waals surface area contributed by atoms with E-state index in [4.69, 9.17) is 9.47 Å². The summed E-state index contributed by atoms with van der Waals surface area (Å²) in [7, 11) is 0. The van der Waals surface area contributed by atoms with E-state index in [1.165, 1.54) is 0 Å². The van der Waals surface area contributed by atoms with Gasteiger partial charge in [0.1, 0.15) is 12.7 Å². The number of fused-ring (bicyclic) bond motifs is 1. The summed E-state index contributed by atoms with van der Waals surface area (Å²) in [5, 5.41) is 0. The van der Waals surface area contributed by atoms with E-state index >= 15 is 0 Å². The Kier molecular flexibility index (Phi) is 2.39. The Bertz CT molecular complexity index is 335. The second-order valence-corrected chi connectivity index (χ2v) is 3.32. The van der Waals surface area contributed by atoms with Crippen molar-refractivity contribution in [3.05, 3.63) is 24.3 Å². The zero-order valence-corrected chi connectivity index (χ0v) is 7.90. The molecular weight excluding hydrogens is 180 g/mol. The molecule has 2 rings (SSSR count). The first-order valence-electron chi connectivity index (χ1n) is 4.57. The van der Waals surface area contributed by atoms with Crippen LogP contribution in [-0.2, 0) is 4.79 Å². The van der Waals surface area contributed by atoms with Gasteiger partial charge < -0.3 is 9.47 Å². The number of carbonyl (C=O) groups excluding carboxylic acids is 1. The Morgan fingerprint density at radius 2 is 2.14 bits per heavy atom. The minimum atomic E-state index is -0.261. The van der Waals surface area contributed by atoms with Crippen molar-refractivity contribution in [1.82, 2.24) is 0 Å². The molecule has 1 aliphatic heterocycles. The Morgan fingerprint density at radius 1 is 1.43 bits per heavy atom. The summed E-state index contributed by atoms with van der Waals surface area (Å²) in [5.41, 5.74) is 0. The molecule has 73 valence electrons. The van der Waals surface area contributed by atoms with Crippen molar-refractivity contribution >= 4 is 6.29 Å². The topological polar surface area (TPSA) is 35.5 Å². The maximum Gasteiger partial charge on any atom is 0.205 e. The lowest BCUT2D eigenvalue weighted by atomic mass is 10.1. The van der Waals surface area contributed by atoms with E-state index in [0.29, 0.717) is 12.4 Å². The molecule has 14 heavy (non-hydrogen) atoms. The van der Waals surface area contributed by atoms with Crippen molar-refractivity contribution in [1.29, 1.82) is 0 Å². The monoisotopic (exact) mass is 191 g/mol. The first-order chi connectivity index (χ1) is 6.81. The maximum absolute atomic E-state index is 10.5. The first kappa shape index (κ1) is 9.06. The van der Waals surface area contributed by atoms with Gasteiger partial charge in [0.2, 0.25) is 6.29 Å². The van der Waals surface area contributed by atoms with Crippen LogP contribution in [0.1, 0.15) is 6.92 Å². The van der Waals surface area contributed by atoms with Crippen molar-refractivity contribution in [2.75, 3.05) is 6.61 Å². The van der Waals surface area contributed by atoms with Gasteiger partial charge in [0.25, 0.3) is 0 Å². The lowest BCUT2D eigenvalue weighted by molar-refractivity contribution is 0.0713. The fourth-order valence-electron chi connectivity index (χ4n) is 1.36. The van der Waals surface area contributed by atoms with E-state index in [1.807, 2.05) is 30.6 Å². The number of rotatable bonds is 2. The van der Waals surface area contributed by atoms with Gasteiger partial charge in [-0.2, -0.15) is 0 Å². The van der Waals surface area contributed by atoms with Gasteiger partial charge in [0, 0.05) is 0 Å². The van der Waals surface area contributed by atoms with Crippen LogP contribution in [0.15, 0.2) is 24.3 Å². The highest BCUT2D eigenvalue weighted by Gasteiger charge is 2.25. The molecule has 1 aromatic rings. The lowest BCUT2D eigenvalue weighted by Crippen LogP contribution is -2.35. The van der Waals surface area contributed by atoms with Crippen LogP contribution >= 0.6 is 0 Å². The Morgan fingerprint density at radius 3 is 2.86 bits per heavy atom. The first-order valence-corrected chi connectivity index (χ1v) is 4.57. The fraction of sp³-hybridized carbons (Fsp3) is 0.364. The maximum atomic E-state index is 10.5. The summed E-state index contributed by atoms with van der Waals surface area (Å²) in [6.07, 6.45) is 1.69. The molecule has 2 atom stereocenters. The van der Waals surface area contributed by atoms with Gasteiger partial charge in [0.15, 0.2) is 11.5 Å². The van der Waals surface area contributed by atoms with Gasteiger partial charge >= 0.3 is 0 Å². The molecule has 1 radical (unpaired) electrons. The largest absolute Gasteiger partial charge is 0.486 e. The highest BCUT2D eigenvalue weighted by atomic mass is 16.6. The van der Waals surface area contributed by atoms with Crippen molar-refractivity contribution < 1.29 is 14.3 Å². The fourth-order valence-corrected chi connectivity index (χ4v) is 1.36. The zero-order chi connectivity index (χ0) is 9.97. The zero-order valence-electron chi connectivity index (χ0n) is 7.90. The lowest BCUT2D eigenvalue weighted by Gasteiger charge is -2.27. The minimum Gasteiger partial charge on any atom is -0.486 e. The van der Waals surface area contributed by atoms with E-state index in [0.717, 1.165) is 5.75 Å². The molecule has 0 N–H and O–H groups in total. The molecule has 0 bridgehead atoms. The molecule has 0 amide bonds. The third-order valence-electron chi connectivity index (χ3n) is 2.27. The Labute approximate surface area is 82.6 Å². The van der Waals surface area contributed by atoms with Gasteiger partial charge in [-0.25, -0.2) is 0 Å². The quantitative estimate of drug-likeness (QED) is 0.711. The second kappa shape index (κ2) is 3.70. The Hall–Kier alpha value is -1.51. The van der Waals surface area contributed by atoms with Gasteiger partial charge in [0.05, 0.1) is 5.92 Å². The van der Waals surface area contributed by atoms with Crippen molar-refractivity contribution in [2.24, 2.45) is 5.92 Å². The molecule has 1 aliphatic rings. The van der Waals surface area contributed by atoms with Crippen LogP contribution in [0.3, 0.4) is 0 Å². The average molecular weight is 191 g/mol. The summed E-state index contributed by atoms with van der Waals surface area (Å²) >= 11 is 0. The smallest absolute Gasteiger partial charge is 0.205 e. The van der Waals surface area contributed by atoms with Crippen LogP contribution in [-0.4, -0.2) is 19.0 Å². The molecule has 0 fully saturated rings. The van der Waals surface area contributed by atoms with E-state index in [9.17, 15) is 4.79 Å². The SMILES string of the molecule is CC([C]=O)C1COc2ccccc2O1. The van der Waals surface area contributed by atoms with Crippen LogP contribution in [0.2, 0.25) is 0 Å². The standard InChI is InChI=1S/C11H11O3/c1-8(6-12)11-7-13-9-4-2-3-5-10(9)14-11/h2-5,8,11H,7H2,1H3. The van der Waals surface area contributed by atoms with Crippen LogP contribution in [0.5, 0.6) is 11.5 Å². The second-order valence-electron chi connectivity index (χ2n) is 3.32. The summed E-state index contributed by atoms with van der Waals surface area (Å²) in [5.74, 6) is 1.18. The summed E-state index contributed by atoms with van der Waals surface area (Å²) in [6.45, 7) is 2.18. The number of benzene rings is 1. The summed E-state index contributed by atoms with van der Waals surface area (Å²) in [4.78, 5) is 10.5. The average Bonchev–Trinajstić information content (AvgIpc) is 2.27. The number of ether oxygens (including phenoxy) is 2. The van der Waals surface area contributed by atoms with Crippen LogP contribution in [0, 0.1) is 5.92 Å². The van der Waals surface area contributed by atoms with E-state index in [-0.39, 0.29) is 12.0 Å².